The molecule has 1 atom stereocenters. The second-order valence-corrected chi connectivity index (χ2v) is 3.31. The third-order valence-corrected chi connectivity index (χ3v) is 2.10. The first-order chi connectivity index (χ1) is 7.24. The molecule has 0 aliphatic carbocycles. The number of hydrogen-bond acceptors (Lipinski definition) is 2. The first kappa shape index (κ1) is 11.9. The van der Waals surface area contributed by atoms with Crippen molar-refractivity contribution in [1.29, 1.82) is 0 Å². The lowest BCUT2D eigenvalue weighted by atomic mass is 10.1. The van der Waals surface area contributed by atoms with Gasteiger partial charge in [0.25, 0.3) is 0 Å². The standard InChI is InChI=1S/C12H15FO2/c13-11(12(15)8-9-14)7-6-10-4-2-1-3-5-10/h1-5,7,12,14-15H,6,8-9H2/b11-7+. The van der Waals surface area contributed by atoms with Crippen molar-refractivity contribution in [2.45, 2.75) is 18.9 Å². The van der Waals surface area contributed by atoms with E-state index in [9.17, 15) is 9.50 Å². The van der Waals surface area contributed by atoms with Crippen LogP contribution >= 0.6 is 0 Å². The molecular formula is C12H15FO2. The van der Waals surface area contributed by atoms with Gasteiger partial charge in [-0.1, -0.05) is 30.3 Å². The third-order valence-electron chi connectivity index (χ3n) is 2.10. The van der Waals surface area contributed by atoms with Crippen LogP contribution in [0, 0.1) is 0 Å². The second-order valence-electron chi connectivity index (χ2n) is 3.31. The van der Waals surface area contributed by atoms with E-state index in [-0.39, 0.29) is 13.0 Å². The van der Waals surface area contributed by atoms with Crippen LogP contribution in [0.1, 0.15) is 12.0 Å². The Labute approximate surface area is 88.7 Å². The summed E-state index contributed by atoms with van der Waals surface area (Å²) < 4.78 is 13.2. The van der Waals surface area contributed by atoms with E-state index in [1.165, 1.54) is 6.08 Å². The van der Waals surface area contributed by atoms with Crippen molar-refractivity contribution < 1.29 is 14.6 Å². The van der Waals surface area contributed by atoms with Gasteiger partial charge in [-0.25, -0.2) is 4.39 Å². The molecular weight excluding hydrogens is 195 g/mol. The first-order valence-electron chi connectivity index (χ1n) is 4.92. The molecule has 2 N–H and O–H groups in total. The van der Waals surface area contributed by atoms with E-state index in [1.54, 1.807) is 0 Å². The molecule has 0 saturated heterocycles. The molecule has 1 rings (SSSR count). The number of rotatable bonds is 5. The van der Waals surface area contributed by atoms with Crippen molar-refractivity contribution in [3.8, 4) is 0 Å². The zero-order valence-corrected chi connectivity index (χ0v) is 8.44. The Kier molecular flexibility index (Phi) is 5.01. The molecule has 0 saturated carbocycles. The van der Waals surface area contributed by atoms with Gasteiger partial charge in [0.2, 0.25) is 0 Å². The smallest absolute Gasteiger partial charge is 0.125 e. The van der Waals surface area contributed by atoms with E-state index < -0.39 is 11.9 Å². The summed E-state index contributed by atoms with van der Waals surface area (Å²) in [4.78, 5) is 0. The fraction of sp³-hybridized carbons (Fsp3) is 0.333. The zero-order chi connectivity index (χ0) is 11.1. The molecule has 82 valence electrons. The van der Waals surface area contributed by atoms with E-state index in [0.717, 1.165) is 5.56 Å². The van der Waals surface area contributed by atoms with E-state index in [0.29, 0.717) is 6.42 Å². The summed E-state index contributed by atoms with van der Waals surface area (Å²) in [6, 6.07) is 9.44. The molecule has 0 bridgehead atoms. The average molecular weight is 210 g/mol. The summed E-state index contributed by atoms with van der Waals surface area (Å²) >= 11 is 0. The lowest BCUT2D eigenvalue weighted by Crippen LogP contribution is -2.09. The normalized spacial score (nSPS) is 13.9. The highest BCUT2D eigenvalue weighted by Crippen LogP contribution is 2.10. The van der Waals surface area contributed by atoms with Crippen molar-refractivity contribution in [1.82, 2.24) is 0 Å². The summed E-state index contributed by atoms with van der Waals surface area (Å²) in [6.45, 7) is -0.215. The van der Waals surface area contributed by atoms with Gasteiger partial charge in [0.05, 0.1) is 0 Å². The molecule has 0 spiro atoms. The van der Waals surface area contributed by atoms with E-state index in [1.807, 2.05) is 30.3 Å². The Hall–Kier alpha value is -1.19. The van der Waals surface area contributed by atoms with Gasteiger partial charge < -0.3 is 10.2 Å². The van der Waals surface area contributed by atoms with Crippen LogP contribution in [-0.2, 0) is 6.42 Å². The Morgan fingerprint density at radius 2 is 2.00 bits per heavy atom. The largest absolute Gasteiger partial charge is 0.396 e. The molecule has 0 aliphatic rings. The molecule has 1 aromatic rings. The summed E-state index contributed by atoms with van der Waals surface area (Å²) in [5.74, 6) is -0.576. The monoisotopic (exact) mass is 210 g/mol. The molecule has 1 aromatic carbocycles. The quantitative estimate of drug-likeness (QED) is 0.778. The summed E-state index contributed by atoms with van der Waals surface area (Å²) in [5, 5.41) is 17.7. The van der Waals surface area contributed by atoms with Gasteiger partial charge in [0.15, 0.2) is 0 Å². The fourth-order valence-electron chi connectivity index (χ4n) is 1.23. The molecule has 3 heteroatoms. The molecule has 2 nitrogen and oxygen atoms in total. The highest BCUT2D eigenvalue weighted by molar-refractivity contribution is 5.18. The molecule has 0 amide bonds. The summed E-state index contributed by atoms with van der Waals surface area (Å²) in [5.41, 5.74) is 0.990. The van der Waals surface area contributed by atoms with E-state index in [2.05, 4.69) is 0 Å². The van der Waals surface area contributed by atoms with Crippen LogP contribution in [0.25, 0.3) is 0 Å². The van der Waals surface area contributed by atoms with E-state index in [4.69, 9.17) is 5.11 Å². The fourth-order valence-corrected chi connectivity index (χ4v) is 1.23. The van der Waals surface area contributed by atoms with Crippen LogP contribution in [0.3, 0.4) is 0 Å². The summed E-state index contributed by atoms with van der Waals surface area (Å²) in [6.07, 6.45) is 0.654. The average Bonchev–Trinajstić information content (AvgIpc) is 2.27. The van der Waals surface area contributed by atoms with Crippen molar-refractivity contribution >= 4 is 0 Å². The maximum atomic E-state index is 13.2. The number of benzene rings is 1. The number of hydrogen-bond donors (Lipinski definition) is 2. The van der Waals surface area contributed by atoms with Crippen LogP contribution < -0.4 is 0 Å². The number of aliphatic hydroxyl groups is 2. The van der Waals surface area contributed by atoms with Gasteiger partial charge in [-0.15, -0.1) is 0 Å². The van der Waals surface area contributed by atoms with Crippen molar-refractivity contribution in [2.24, 2.45) is 0 Å². The van der Waals surface area contributed by atoms with Gasteiger partial charge in [-0.2, -0.15) is 0 Å². The molecule has 0 aromatic heterocycles. The topological polar surface area (TPSA) is 40.5 Å². The third kappa shape index (κ3) is 4.23. The van der Waals surface area contributed by atoms with Crippen LogP contribution in [0.2, 0.25) is 0 Å². The lowest BCUT2D eigenvalue weighted by molar-refractivity contribution is 0.140. The molecule has 0 fully saturated rings. The minimum absolute atomic E-state index is 0.0388. The Morgan fingerprint density at radius 1 is 1.33 bits per heavy atom. The van der Waals surface area contributed by atoms with Gasteiger partial charge in [-0.05, 0) is 18.1 Å². The van der Waals surface area contributed by atoms with E-state index >= 15 is 0 Å². The highest BCUT2D eigenvalue weighted by atomic mass is 19.1. The maximum Gasteiger partial charge on any atom is 0.125 e. The predicted octanol–water partition coefficient (Wildman–Crippen LogP) is 1.83. The molecule has 0 aliphatic heterocycles. The Bertz CT molecular complexity index is 309. The van der Waals surface area contributed by atoms with Crippen LogP contribution in [0.5, 0.6) is 0 Å². The number of allylic oxidation sites excluding steroid dienone is 1. The number of aliphatic hydroxyl groups excluding tert-OH is 2. The van der Waals surface area contributed by atoms with Crippen LogP contribution in [0.4, 0.5) is 4.39 Å². The lowest BCUT2D eigenvalue weighted by Gasteiger charge is -2.05. The van der Waals surface area contributed by atoms with Gasteiger partial charge in [0.1, 0.15) is 11.9 Å². The predicted molar refractivity (Wildman–Crippen MR) is 57.0 cm³/mol. The zero-order valence-electron chi connectivity index (χ0n) is 8.44. The minimum atomic E-state index is -1.18. The first-order valence-corrected chi connectivity index (χ1v) is 4.92. The molecule has 0 heterocycles. The second kappa shape index (κ2) is 6.32. The minimum Gasteiger partial charge on any atom is -0.396 e. The van der Waals surface area contributed by atoms with Gasteiger partial charge in [0, 0.05) is 13.0 Å². The molecule has 15 heavy (non-hydrogen) atoms. The van der Waals surface area contributed by atoms with Crippen LogP contribution in [-0.4, -0.2) is 22.9 Å². The maximum absolute atomic E-state index is 13.2. The van der Waals surface area contributed by atoms with Crippen LogP contribution in [0.15, 0.2) is 42.2 Å². The molecule has 0 radical (unpaired) electrons. The Balaban J connectivity index is 2.50. The Morgan fingerprint density at radius 3 is 2.60 bits per heavy atom. The highest BCUT2D eigenvalue weighted by Gasteiger charge is 2.08. The summed E-state index contributed by atoms with van der Waals surface area (Å²) in [7, 11) is 0. The van der Waals surface area contributed by atoms with Crippen molar-refractivity contribution in [2.75, 3.05) is 6.61 Å². The number of halogens is 1. The SMILES string of the molecule is OCCC(O)/C(F)=C\Cc1ccccc1. The van der Waals surface area contributed by atoms with Gasteiger partial charge >= 0.3 is 0 Å². The van der Waals surface area contributed by atoms with Crippen molar-refractivity contribution in [3.63, 3.8) is 0 Å². The van der Waals surface area contributed by atoms with Crippen molar-refractivity contribution in [3.05, 3.63) is 47.8 Å². The van der Waals surface area contributed by atoms with Gasteiger partial charge in [-0.3, -0.25) is 0 Å². The molecule has 1 unspecified atom stereocenters.